The van der Waals surface area contributed by atoms with Gasteiger partial charge in [-0.15, -0.1) is 0 Å². The SMILES string of the molecule is O=C(NCc1ccnc(OCC(F)(F)F)c1)NC1CCC(F)(F)CC1. The lowest BCUT2D eigenvalue weighted by Crippen LogP contribution is -2.44. The van der Waals surface area contributed by atoms with Gasteiger partial charge in [0.1, 0.15) is 0 Å². The number of carbonyl (C=O) groups excluding carboxylic acids is 1. The van der Waals surface area contributed by atoms with Crippen molar-refractivity contribution in [2.24, 2.45) is 0 Å². The van der Waals surface area contributed by atoms with Gasteiger partial charge in [0, 0.05) is 37.7 Å². The fourth-order valence-electron chi connectivity index (χ4n) is 2.40. The van der Waals surface area contributed by atoms with Crippen LogP contribution in [-0.2, 0) is 6.54 Å². The molecule has 0 bridgehead atoms. The average molecular weight is 367 g/mol. The van der Waals surface area contributed by atoms with Gasteiger partial charge in [-0.05, 0) is 24.5 Å². The lowest BCUT2D eigenvalue weighted by Gasteiger charge is -2.28. The largest absolute Gasteiger partial charge is 0.468 e. The maximum absolute atomic E-state index is 13.0. The lowest BCUT2D eigenvalue weighted by molar-refractivity contribution is -0.154. The summed E-state index contributed by atoms with van der Waals surface area (Å²) in [5.74, 6) is -2.87. The first-order valence-electron chi connectivity index (χ1n) is 7.70. The highest BCUT2D eigenvalue weighted by Gasteiger charge is 2.35. The standard InChI is InChI=1S/C15H18F5N3O2/c16-14(17)4-1-11(2-5-14)23-13(24)22-8-10-3-6-21-12(7-10)25-9-15(18,19)20/h3,6-7,11H,1-2,4-5,8-9H2,(H2,22,23,24). The molecule has 1 fully saturated rings. The Bertz CT molecular complexity index is 585. The zero-order valence-electron chi connectivity index (χ0n) is 13.2. The molecule has 0 atom stereocenters. The molecule has 0 aromatic carbocycles. The summed E-state index contributed by atoms with van der Waals surface area (Å²) in [5.41, 5.74) is 0.498. The van der Waals surface area contributed by atoms with Gasteiger partial charge >= 0.3 is 12.2 Å². The Kier molecular flexibility index (Phi) is 6.02. The van der Waals surface area contributed by atoms with Gasteiger partial charge in [0.15, 0.2) is 6.61 Å². The lowest BCUT2D eigenvalue weighted by atomic mass is 9.92. The summed E-state index contributed by atoms with van der Waals surface area (Å²) in [6.45, 7) is -1.41. The predicted octanol–water partition coefficient (Wildman–Crippen LogP) is 3.40. The van der Waals surface area contributed by atoms with Crippen LogP contribution < -0.4 is 15.4 Å². The zero-order valence-corrected chi connectivity index (χ0v) is 13.2. The number of alkyl halides is 5. The number of amides is 2. The predicted molar refractivity (Wildman–Crippen MR) is 78.4 cm³/mol. The van der Waals surface area contributed by atoms with Crippen LogP contribution in [0.1, 0.15) is 31.2 Å². The average Bonchev–Trinajstić information content (AvgIpc) is 2.53. The number of nitrogens with zero attached hydrogens (tertiary/aromatic N) is 1. The maximum atomic E-state index is 13.0. The second kappa shape index (κ2) is 7.83. The maximum Gasteiger partial charge on any atom is 0.422 e. The van der Waals surface area contributed by atoms with Gasteiger partial charge < -0.3 is 15.4 Å². The molecule has 2 rings (SSSR count). The van der Waals surface area contributed by atoms with Crippen molar-refractivity contribution in [1.29, 1.82) is 0 Å². The number of urea groups is 1. The van der Waals surface area contributed by atoms with E-state index in [2.05, 4.69) is 20.4 Å². The van der Waals surface area contributed by atoms with Gasteiger partial charge in [-0.2, -0.15) is 13.2 Å². The van der Waals surface area contributed by atoms with Gasteiger partial charge in [-0.25, -0.2) is 18.6 Å². The van der Waals surface area contributed by atoms with Crippen LogP contribution in [0.2, 0.25) is 0 Å². The molecule has 1 aromatic rings. The molecule has 0 aliphatic heterocycles. The van der Waals surface area contributed by atoms with E-state index in [4.69, 9.17) is 0 Å². The summed E-state index contributed by atoms with van der Waals surface area (Å²) in [6.07, 6.45) is -3.32. The minimum Gasteiger partial charge on any atom is -0.468 e. The highest BCUT2D eigenvalue weighted by molar-refractivity contribution is 5.74. The number of rotatable bonds is 5. The molecule has 0 spiro atoms. The van der Waals surface area contributed by atoms with E-state index in [0.717, 1.165) is 0 Å². The Hall–Kier alpha value is -2.13. The monoisotopic (exact) mass is 367 g/mol. The van der Waals surface area contributed by atoms with E-state index in [1.165, 1.54) is 18.3 Å². The molecule has 2 amide bonds. The van der Waals surface area contributed by atoms with E-state index in [1.807, 2.05) is 0 Å². The molecule has 1 aromatic heterocycles. The molecule has 1 heterocycles. The molecule has 1 aliphatic carbocycles. The van der Waals surface area contributed by atoms with Gasteiger partial charge in [0.25, 0.3) is 0 Å². The minimum absolute atomic E-state index is 0.0413. The fraction of sp³-hybridized carbons (Fsp3) is 0.600. The van der Waals surface area contributed by atoms with Crippen molar-refractivity contribution < 1.29 is 31.5 Å². The summed E-state index contributed by atoms with van der Waals surface area (Å²) in [7, 11) is 0. The van der Waals surface area contributed by atoms with Crippen LogP contribution in [-0.4, -0.2) is 35.8 Å². The molecule has 2 N–H and O–H groups in total. The van der Waals surface area contributed by atoms with Crippen molar-refractivity contribution in [3.63, 3.8) is 0 Å². The Morgan fingerprint density at radius 1 is 1.32 bits per heavy atom. The molecule has 25 heavy (non-hydrogen) atoms. The number of pyridine rings is 1. The molecule has 0 radical (unpaired) electrons. The first-order valence-corrected chi connectivity index (χ1v) is 7.70. The number of aromatic nitrogens is 1. The van der Waals surface area contributed by atoms with Crippen LogP contribution in [0.25, 0.3) is 0 Å². The number of carbonyl (C=O) groups is 1. The number of hydrogen-bond donors (Lipinski definition) is 2. The third kappa shape index (κ3) is 7.10. The van der Waals surface area contributed by atoms with Crippen LogP contribution in [0, 0.1) is 0 Å². The molecule has 5 nitrogen and oxygen atoms in total. The van der Waals surface area contributed by atoms with Gasteiger partial charge in [0.2, 0.25) is 11.8 Å². The molecule has 1 saturated carbocycles. The second-order valence-electron chi connectivity index (χ2n) is 5.86. The molecular formula is C15H18F5N3O2. The van der Waals surface area contributed by atoms with E-state index in [9.17, 15) is 26.7 Å². The first kappa shape index (κ1) is 19.2. The van der Waals surface area contributed by atoms with Crippen LogP contribution >= 0.6 is 0 Å². The van der Waals surface area contributed by atoms with E-state index in [0.29, 0.717) is 5.56 Å². The number of ether oxygens (including phenoxy) is 1. The highest BCUT2D eigenvalue weighted by Crippen LogP contribution is 2.32. The van der Waals surface area contributed by atoms with Gasteiger partial charge in [-0.3, -0.25) is 0 Å². The molecular weight excluding hydrogens is 349 g/mol. The fourth-order valence-corrected chi connectivity index (χ4v) is 2.40. The normalized spacial score (nSPS) is 17.8. The molecule has 1 aliphatic rings. The topological polar surface area (TPSA) is 63.2 Å². The van der Waals surface area contributed by atoms with Gasteiger partial charge in [-0.1, -0.05) is 0 Å². The molecule has 140 valence electrons. The van der Waals surface area contributed by atoms with Crippen molar-refractivity contribution in [3.8, 4) is 5.88 Å². The quantitative estimate of drug-likeness (QED) is 0.784. The van der Waals surface area contributed by atoms with E-state index in [1.54, 1.807) is 0 Å². The van der Waals surface area contributed by atoms with Crippen LogP contribution in [0.4, 0.5) is 26.7 Å². The highest BCUT2D eigenvalue weighted by atomic mass is 19.4. The van der Waals surface area contributed by atoms with Crippen molar-refractivity contribution in [2.45, 2.75) is 50.4 Å². The van der Waals surface area contributed by atoms with Crippen molar-refractivity contribution >= 4 is 6.03 Å². The Morgan fingerprint density at radius 2 is 2.00 bits per heavy atom. The summed E-state index contributed by atoms with van der Waals surface area (Å²) in [6, 6.07) is 1.96. The molecule has 10 heteroatoms. The third-order valence-corrected chi connectivity index (χ3v) is 3.69. The zero-order chi connectivity index (χ0) is 18.5. The third-order valence-electron chi connectivity index (χ3n) is 3.69. The van der Waals surface area contributed by atoms with Crippen molar-refractivity contribution in [1.82, 2.24) is 15.6 Å². The summed E-state index contributed by atoms with van der Waals surface area (Å²) >= 11 is 0. The van der Waals surface area contributed by atoms with E-state index >= 15 is 0 Å². The van der Waals surface area contributed by atoms with Crippen molar-refractivity contribution in [3.05, 3.63) is 23.9 Å². The smallest absolute Gasteiger partial charge is 0.422 e. The Balaban J connectivity index is 1.76. The molecule has 0 saturated heterocycles. The number of hydrogen-bond acceptors (Lipinski definition) is 3. The second-order valence-corrected chi connectivity index (χ2v) is 5.86. The van der Waals surface area contributed by atoms with E-state index in [-0.39, 0.29) is 44.1 Å². The van der Waals surface area contributed by atoms with Crippen LogP contribution in [0.3, 0.4) is 0 Å². The first-order chi connectivity index (χ1) is 11.6. The number of nitrogens with one attached hydrogen (secondary N) is 2. The molecule has 0 unspecified atom stereocenters. The number of halogens is 5. The van der Waals surface area contributed by atoms with Gasteiger partial charge in [0.05, 0.1) is 0 Å². The van der Waals surface area contributed by atoms with E-state index < -0.39 is 24.7 Å². The minimum atomic E-state index is -4.47. The van der Waals surface area contributed by atoms with Crippen molar-refractivity contribution in [2.75, 3.05) is 6.61 Å². The summed E-state index contributed by atoms with van der Waals surface area (Å²) in [4.78, 5) is 15.4. The van der Waals surface area contributed by atoms with Crippen LogP contribution in [0.15, 0.2) is 18.3 Å². The Morgan fingerprint density at radius 3 is 2.64 bits per heavy atom. The Labute approximate surface area is 140 Å². The summed E-state index contributed by atoms with van der Waals surface area (Å²) < 4.78 is 66.9. The summed E-state index contributed by atoms with van der Waals surface area (Å²) in [5, 5.41) is 5.13. The van der Waals surface area contributed by atoms with Crippen LogP contribution in [0.5, 0.6) is 5.88 Å².